The molecule has 0 spiro atoms. The number of nitrogens with zero attached hydrogens (tertiary/aromatic N) is 2. The van der Waals surface area contributed by atoms with E-state index in [4.69, 9.17) is 0 Å². The lowest BCUT2D eigenvalue weighted by Crippen LogP contribution is -2.37. The van der Waals surface area contributed by atoms with Crippen LogP contribution in [0, 0.1) is 0 Å². The highest BCUT2D eigenvalue weighted by molar-refractivity contribution is 5.73. The monoisotopic (exact) mass is 200 g/mol. The summed E-state index contributed by atoms with van der Waals surface area (Å²) in [5.74, 6) is 0.179. The van der Waals surface area contributed by atoms with E-state index in [0.717, 1.165) is 26.1 Å². The van der Waals surface area contributed by atoms with E-state index in [2.05, 4.69) is 11.8 Å². The molecule has 0 saturated carbocycles. The average molecular weight is 200 g/mol. The lowest BCUT2D eigenvalue weighted by molar-refractivity contribution is -0.129. The number of likely N-dealkylation sites (tertiary alicyclic amines) is 1. The van der Waals surface area contributed by atoms with Crippen molar-refractivity contribution in [3.05, 3.63) is 0 Å². The van der Waals surface area contributed by atoms with Gasteiger partial charge in [-0.05, 0) is 13.0 Å². The zero-order chi connectivity index (χ0) is 11.1. The van der Waals surface area contributed by atoms with Crippen LogP contribution in [0.4, 0.5) is 0 Å². The Hall–Kier alpha value is -0.570. The van der Waals surface area contributed by atoms with Gasteiger partial charge in [-0.15, -0.1) is 0 Å². The first-order chi connectivity index (χ1) is 6.65. The number of likely N-dealkylation sites (N-methyl/N-ethyl adjacent to an activating group) is 2. The van der Waals surface area contributed by atoms with Crippen molar-refractivity contribution in [1.29, 1.82) is 0 Å². The SMILES string of the molecule is CC.CCN1CCC(N(C)C(C)=O)C1. The first kappa shape index (κ1) is 13.4. The molecule has 3 nitrogen and oxygen atoms in total. The van der Waals surface area contributed by atoms with Gasteiger partial charge in [0.15, 0.2) is 0 Å². The van der Waals surface area contributed by atoms with E-state index in [0.29, 0.717) is 6.04 Å². The smallest absolute Gasteiger partial charge is 0.219 e. The van der Waals surface area contributed by atoms with Crippen LogP contribution < -0.4 is 0 Å². The van der Waals surface area contributed by atoms with Crippen LogP contribution >= 0.6 is 0 Å². The van der Waals surface area contributed by atoms with Crippen LogP contribution in [0.25, 0.3) is 0 Å². The van der Waals surface area contributed by atoms with Gasteiger partial charge >= 0.3 is 0 Å². The lowest BCUT2D eigenvalue weighted by atomic mass is 10.2. The van der Waals surface area contributed by atoms with Crippen LogP contribution in [0.2, 0.25) is 0 Å². The second-order valence-corrected chi connectivity index (χ2v) is 3.47. The average Bonchev–Trinajstić information content (AvgIpc) is 2.67. The molecule has 1 unspecified atom stereocenters. The van der Waals surface area contributed by atoms with Crippen LogP contribution in [0.5, 0.6) is 0 Å². The second-order valence-electron chi connectivity index (χ2n) is 3.47. The van der Waals surface area contributed by atoms with E-state index >= 15 is 0 Å². The van der Waals surface area contributed by atoms with Crippen molar-refractivity contribution in [3.63, 3.8) is 0 Å². The normalized spacial score (nSPS) is 21.4. The number of rotatable bonds is 2. The molecule has 3 heteroatoms. The molecule has 1 rings (SSSR count). The Morgan fingerprint density at radius 3 is 2.43 bits per heavy atom. The van der Waals surface area contributed by atoms with Crippen molar-refractivity contribution in [2.24, 2.45) is 0 Å². The summed E-state index contributed by atoms with van der Waals surface area (Å²) in [4.78, 5) is 15.3. The van der Waals surface area contributed by atoms with Gasteiger partial charge in [0.1, 0.15) is 0 Å². The molecule has 0 bridgehead atoms. The maximum Gasteiger partial charge on any atom is 0.219 e. The lowest BCUT2D eigenvalue weighted by Gasteiger charge is -2.23. The van der Waals surface area contributed by atoms with Gasteiger partial charge < -0.3 is 9.80 Å². The number of hydrogen-bond acceptors (Lipinski definition) is 2. The molecule has 0 aromatic heterocycles. The van der Waals surface area contributed by atoms with Crippen LogP contribution in [0.3, 0.4) is 0 Å². The molecule has 14 heavy (non-hydrogen) atoms. The van der Waals surface area contributed by atoms with E-state index in [1.165, 1.54) is 0 Å². The van der Waals surface area contributed by atoms with Crippen molar-refractivity contribution in [1.82, 2.24) is 9.80 Å². The van der Waals surface area contributed by atoms with Gasteiger partial charge in [-0.1, -0.05) is 20.8 Å². The summed E-state index contributed by atoms with van der Waals surface area (Å²) >= 11 is 0. The van der Waals surface area contributed by atoms with Gasteiger partial charge in [0.05, 0.1) is 0 Å². The van der Waals surface area contributed by atoms with Gasteiger partial charge in [-0.2, -0.15) is 0 Å². The van der Waals surface area contributed by atoms with E-state index in [-0.39, 0.29) is 5.91 Å². The van der Waals surface area contributed by atoms with Crippen LogP contribution in [0.1, 0.15) is 34.1 Å². The van der Waals surface area contributed by atoms with E-state index in [1.807, 2.05) is 25.8 Å². The third kappa shape index (κ3) is 3.66. The summed E-state index contributed by atoms with van der Waals surface area (Å²) in [6.45, 7) is 11.1. The zero-order valence-corrected chi connectivity index (χ0v) is 10.2. The van der Waals surface area contributed by atoms with Crippen LogP contribution in [0.15, 0.2) is 0 Å². The molecule has 1 atom stereocenters. The molecule has 1 saturated heterocycles. The molecule has 1 aliphatic heterocycles. The Balaban J connectivity index is 0.000000791. The standard InChI is InChI=1S/C9H18N2O.C2H6/c1-4-11-6-5-9(7-11)10(3)8(2)12;1-2/h9H,4-7H2,1-3H3;1-2H3. The molecule has 0 aromatic rings. The van der Waals surface area contributed by atoms with Gasteiger partial charge in [0.25, 0.3) is 0 Å². The first-order valence-corrected chi connectivity index (χ1v) is 5.61. The van der Waals surface area contributed by atoms with Crippen LogP contribution in [-0.4, -0.2) is 48.4 Å². The molecule has 0 radical (unpaired) electrons. The first-order valence-electron chi connectivity index (χ1n) is 5.61. The third-order valence-corrected chi connectivity index (χ3v) is 2.74. The predicted molar refractivity (Wildman–Crippen MR) is 60.3 cm³/mol. The van der Waals surface area contributed by atoms with Crippen LogP contribution in [-0.2, 0) is 4.79 Å². The van der Waals surface area contributed by atoms with Crippen molar-refractivity contribution in [2.45, 2.75) is 40.2 Å². The highest BCUT2D eigenvalue weighted by Crippen LogP contribution is 2.13. The Morgan fingerprint density at radius 2 is 2.07 bits per heavy atom. The molecule has 0 aliphatic carbocycles. The van der Waals surface area contributed by atoms with E-state index in [1.54, 1.807) is 6.92 Å². The van der Waals surface area contributed by atoms with E-state index < -0.39 is 0 Å². The fourth-order valence-electron chi connectivity index (χ4n) is 1.67. The maximum atomic E-state index is 11.0. The summed E-state index contributed by atoms with van der Waals surface area (Å²) < 4.78 is 0. The fraction of sp³-hybridized carbons (Fsp3) is 0.909. The summed E-state index contributed by atoms with van der Waals surface area (Å²) in [5.41, 5.74) is 0. The minimum atomic E-state index is 0.179. The Kier molecular flexibility index (Phi) is 6.54. The number of carbonyl (C=O) groups is 1. The molecule has 1 heterocycles. The van der Waals surface area contributed by atoms with Gasteiger partial charge in [0, 0.05) is 33.1 Å². The Bertz CT molecular complexity index is 171. The topological polar surface area (TPSA) is 23.6 Å². The zero-order valence-electron chi connectivity index (χ0n) is 10.2. The van der Waals surface area contributed by atoms with Crippen molar-refractivity contribution in [2.75, 3.05) is 26.7 Å². The molecule has 0 N–H and O–H groups in total. The summed E-state index contributed by atoms with van der Waals surface area (Å²) in [6.07, 6.45) is 1.13. The minimum absolute atomic E-state index is 0.179. The van der Waals surface area contributed by atoms with Crippen molar-refractivity contribution >= 4 is 5.91 Å². The predicted octanol–water partition coefficient (Wildman–Crippen LogP) is 1.59. The molecule has 1 fully saturated rings. The molecule has 84 valence electrons. The quantitative estimate of drug-likeness (QED) is 0.676. The van der Waals surface area contributed by atoms with Crippen molar-refractivity contribution in [3.8, 4) is 0 Å². The number of carbonyl (C=O) groups excluding carboxylic acids is 1. The summed E-state index contributed by atoms with van der Waals surface area (Å²) in [5, 5.41) is 0. The summed E-state index contributed by atoms with van der Waals surface area (Å²) in [7, 11) is 1.90. The van der Waals surface area contributed by atoms with Gasteiger partial charge in [-0.25, -0.2) is 0 Å². The van der Waals surface area contributed by atoms with Crippen molar-refractivity contribution < 1.29 is 4.79 Å². The molecular formula is C11H24N2O. The molecule has 1 amide bonds. The summed E-state index contributed by atoms with van der Waals surface area (Å²) in [6, 6.07) is 0.447. The van der Waals surface area contributed by atoms with Gasteiger partial charge in [0.2, 0.25) is 5.91 Å². The third-order valence-electron chi connectivity index (χ3n) is 2.74. The molecule has 1 aliphatic rings. The fourth-order valence-corrected chi connectivity index (χ4v) is 1.67. The highest BCUT2D eigenvalue weighted by Gasteiger charge is 2.25. The van der Waals surface area contributed by atoms with E-state index in [9.17, 15) is 4.79 Å². The largest absolute Gasteiger partial charge is 0.342 e. The highest BCUT2D eigenvalue weighted by atomic mass is 16.2. The Morgan fingerprint density at radius 1 is 1.50 bits per heavy atom. The second kappa shape index (κ2) is 6.82. The minimum Gasteiger partial charge on any atom is -0.342 e. The number of hydrogen-bond donors (Lipinski definition) is 0. The number of amides is 1. The van der Waals surface area contributed by atoms with Gasteiger partial charge in [-0.3, -0.25) is 4.79 Å². The molecule has 0 aromatic carbocycles. The Labute approximate surface area is 88.1 Å². The molecular weight excluding hydrogens is 176 g/mol. The maximum absolute atomic E-state index is 11.0.